The fourth-order valence-electron chi connectivity index (χ4n) is 3.42. The van der Waals surface area contributed by atoms with E-state index in [1.165, 1.54) is 0 Å². The Bertz CT molecular complexity index is 297. The standard InChI is InChI=1S/C17H36N2O/c1-8-10-17(13-18,11-9-2)14(20)19-16(6,7)12-15(3,4)5/h8-13,18H2,1-7H3,(H,19,20). The third-order valence-corrected chi connectivity index (χ3v) is 3.75. The van der Waals surface area contributed by atoms with E-state index in [9.17, 15) is 4.79 Å². The fraction of sp³-hybridized carbons (Fsp3) is 0.941. The third kappa shape index (κ3) is 6.25. The van der Waals surface area contributed by atoms with Crippen molar-refractivity contribution in [2.24, 2.45) is 16.6 Å². The van der Waals surface area contributed by atoms with E-state index < -0.39 is 5.41 Å². The zero-order valence-corrected chi connectivity index (χ0v) is 14.7. The molecule has 0 atom stereocenters. The van der Waals surface area contributed by atoms with E-state index in [0.29, 0.717) is 6.54 Å². The Kier molecular flexibility index (Phi) is 7.23. The predicted molar refractivity (Wildman–Crippen MR) is 87.6 cm³/mol. The largest absolute Gasteiger partial charge is 0.351 e. The number of hydrogen-bond donors (Lipinski definition) is 2. The summed E-state index contributed by atoms with van der Waals surface area (Å²) in [5, 5.41) is 3.26. The molecule has 0 radical (unpaired) electrons. The lowest BCUT2D eigenvalue weighted by Crippen LogP contribution is -2.54. The van der Waals surface area contributed by atoms with Crippen molar-refractivity contribution < 1.29 is 4.79 Å². The van der Waals surface area contributed by atoms with Crippen LogP contribution in [-0.4, -0.2) is 18.0 Å². The van der Waals surface area contributed by atoms with E-state index in [1.807, 2.05) is 0 Å². The van der Waals surface area contributed by atoms with Crippen molar-refractivity contribution in [2.75, 3.05) is 6.54 Å². The monoisotopic (exact) mass is 284 g/mol. The molecule has 0 fully saturated rings. The molecule has 0 rings (SSSR count). The van der Waals surface area contributed by atoms with Crippen molar-refractivity contribution in [1.82, 2.24) is 5.32 Å². The maximum absolute atomic E-state index is 12.8. The molecule has 1 amide bonds. The van der Waals surface area contributed by atoms with Gasteiger partial charge in [-0.2, -0.15) is 0 Å². The van der Waals surface area contributed by atoms with Crippen molar-refractivity contribution in [3.05, 3.63) is 0 Å². The SMILES string of the molecule is CCCC(CN)(CCC)C(=O)NC(C)(C)CC(C)(C)C. The van der Waals surface area contributed by atoms with Gasteiger partial charge in [0.15, 0.2) is 0 Å². The Morgan fingerprint density at radius 2 is 1.45 bits per heavy atom. The minimum Gasteiger partial charge on any atom is -0.351 e. The first kappa shape index (κ1) is 19.4. The number of hydrogen-bond acceptors (Lipinski definition) is 2. The summed E-state index contributed by atoms with van der Waals surface area (Å²) in [7, 11) is 0. The van der Waals surface area contributed by atoms with Crippen LogP contribution in [-0.2, 0) is 4.79 Å². The molecular weight excluding hydrogens is 248 g/mol. The second-order valence-corrected chi connectivity index (χ2v) is 8.06. The molecule has 0 heterocycles. The van der Waals surface area contributed by atoms with E-state index in [0.717, 1.165) is 32.1 Å². The zero-order valence-electron chi connectivity index (χ0n) is 14.7. The molecule has 0 aromatic rings. The maximum Gasteiger partial charge on any atom is 0.227 e. The lowest BCUT2D eigenvalue weighted by atomic mass is 9.76. The first-order valence-electron chi connectivity index (χ1n) is 8.04. The molecule has 0 aliphatic heterocycles. The number of nitrogens with two attached hydrogens (primary N) is 1. The van der Waals surface area contributed by atoms with Crippen LogP contribution in [0.1, 0.15) is 80.6 Å². The lowest BCUT2D eigenvalue weighted by Gasteiger charge is -2.38. The summed E-state index contributed by atoms with van der Waals surface area (Å²) in [6.45, 7) is 15.5. The van der Waals surface area contributed by atoms with Crippen LogP contribution >= 0.6 is 0 Å². The Labute approximate surface area is 126 Å². The number of carbonyl (C=O) groups excluding carboxylic acids is 1. The minimum atomic E-state index is -0.390. The maximum atomic E-state index is 12.8. The van der Waals surface area contributed by atoms with Gasteiger partial charge in [0.2, 0.25) is 5.91 Å². The summed E-state index contributed by atoms with van der Waals surface area (Å²) in [4.78, 5) is 12.8. The zero-order chi connectivity index (χ0) is 16.0. The summed E-state index contributed by atoms with van der Waals surface area (Å²) < 4.78 is 0. The molecule has 0 aromatic heterocycles. The summed E-state index contributed by atoms with van der Waals surface area (Å²) in [5.41, 5.74) is 5.57. The Morgan fingerprint density at radius 3 is 1.75 bits per heavy atom. The highest BCUT2D eigenvalue weighted by atomic mass is 16.2. The molecule has 0 aromatic carbocycles. The number of amides is 1. The first-order chi connectivity index (χ1) is 9.02. The van der Waals surface area contributed by atoms with Crippen LogP contribution in [0, 0.1) is 10.8 Å². The van der Waals surface area contributed by atoms with Crippen molar-refractivity contribution in [3.8, 4) is 0 Å². The van der Waals surface area contributed by atoms with Gasteiger partial charge >= 0.3 is 0 Å². The summed E-state index contributed by atoms with van der Waals surface area (Å²) in [6.07, 6.45) is 4.67. The second kappa shape index (κ2) is 7.44. The lowest BCUT2D eigenvalue weighted by molar-refractivity contribution is -0.133. The number of nitrogens with one attached hydrogen (secondary N) is 1. The number of carbonyl (C=O) groups is 1. The van der Waals surface area contributed by atoms with Gasteiger partial charge in [0, 0.05) is 12.1 Å². The van der Waals surface area contributed by atoms with Gasteiger partial charge in [-0.05, 0) is 38.5 Å². The minimum absolute atomic E-state index is 0.137. The van der Waals surface area contributed by atoms with E-state index in [4.69, 9.17) is 5.73 Å². The van der Waals surface area contributed by atoms with Gasteiger partial charge in [0.1, 0.15) is 0 Å². The summed E-state index contributed by atoms with van der Waals surface area (Å²) in [5.74, 6) is 0.137. The van der Waals surface area contributed by atoms with E-state index >= 15 is 0 Å². The molecule has 0 spiro atoms. The highest BCUT2D eigenvalue weighted by Gasteiger charge is 2.38. The summed E-state index contributed by atoms with van der Waals surface area (Å²) in [6, 6.07) is 0. The molecule has 0 aliphatic rings. The van der Waals surface area contributed by atoms with E-state index in [2.05, 4.69) is 53.8 Å². The molecule has 0 bridgehead atoms. The van der Waals surface area contributed by atoms with E-state index in [1.54, 1.807) is 0 Å². The third-order valence-electron chi connectivity index (χ3n) is 3.75. The Balaban J connectivity index is 5.00. The first-order valence-corrected chi connectivity index (χ1v) is 8.04. The van der Waals surface area contributed by atoms with Gasteiger partial charge in [-0.3, -0.25) is 4.79 Å². The van der Waals surface area contributed by atoms with Gasteiger partial charge in [-0.1, -0.05) is 47.5 Å². The smallest absolute Gasteiger partial charge is 0.227 e. The van der Waals surface area contributed by atoms with Gasteiger partial charge in [0.05, 0.1) is 5.41 Å². The average molecular weight is 284 g/mol. The van der Waals surface area contributed by atoms with Crippen LogP contribution in [0.5, 0.6) is 0 Å². The Morgan fingerprint density at radius 1 is 1.00 bits per heavy atom. The molecule has 0 saturated carbocycles. The molecular formula is C17H36N2O. The van der Waals surface area contributed by atoms with Crippen molar-refractivity contribution >= 4 is 5.91 Å². The molecule has 0 aliphatic carbocycles. The molecule has 0 unspecified atom stereocenters. The highest BCUT2D eigenvalue weighted by Crippen LogP contribution is 2.32. The quantitative estimate of drug-likeness (QED) is 0.711. The van der Waals surface area contributed by atoms with Crippen LogP contribution < -0.4 is 11.1 Å². The van der Waals surface area contributed by atoms with Gasteiger partial charge in [-0.15, -0.1) is 0 Å². The van der Waals surface area contributed by atoms with Crippen LogP contribution in [0.4, 0.5) is 0 Å². The number of rotatable bonds is 8. The molecule has 0 saturated heterocycles. The Hall–Kier alpha value is -0.570. The summed E-state index contributed by atoms with van der Waals surface area (Å²) >= 11 is 0. The molecule has 20 heavy (non-hydrogen) atoms. The van der Waals surface area contributed by atoms with Gasteiger partial charge < -0.3 is 11.1 Å². The van der Waals surface area contributed by atoms with Crippen molar-refractivity contribution in [1.29, 1.82) is 0 Å². The van der Waals surface area contributed by atoms with Gasteiger partial charge in [-0.25, -0.2) is 0 Å². The van der Waals surface area contributed by atoms with Crippen LogP contribution in [0.25, 0.3) is 0 Å². The van der Waals surface area contributed by atoms with E-state index in [-0.39, 0.29) is 16.9 Å². The topological polar surface area (TPSA) is 55.1 Å². The molecule has 3 heteroatoms. The van der Waals surface area contributed by atoms with Gasteiger partial charge in [0.25, 0.3) is 0 Å². The normalized spacial score (nSPS) is 13.4. The highest BCUT2D eigenvalue weighted by molar-refractivity contribution is 5.83. The second-order valence-electron chi connectivity index (χ2n) is 8.06. The van der Waals surface area contributed by atoms with Crippen LogP contribution in [0.2, 0.25) is 0 Å². The van der Waals surface area contributed by atoms with Crippen LogP contribution in [0.3, 0.4) is 0 Å². The fourth-order valence-corrected chi connectivity index (χ4v) is 3.42. The van der Waals surface area contributed by atoms with Crippen LogP contribution in [0.15, 0.2) is 0 Å². The van der Waals surface area contributed by atoms with Crippen molar-refractivity contribution in [2.45, 2.75) is 86.1 Å². The predicted octanol–water partition coefficient (Wildman–Crippen LogP) is 3.86. The molecule has 3 nitrogen and oxygen atoms in total. The average Bonchev–Trinajstić information content (AvgIpc) is 2.24. The molecule has 120 valence electrons. The van der Waals surface area contributed by atoms with Crippen molar-refractivity contribution in [3.63, 3.8) is 0 Å². The molecule has 3 N–H and O–H groups in total.